The monoisotopic (exact) mass is 365 g/mol. The molecule has 0 saturated carbocycles. The number of rotatable bonds is 6. The Morgan fingerprint density at radius 3 is 2.41 bits per heavy atom. The number of tetrazole rings is 1. The molecule has 0 unspecified atom stereocenters. The summed E-state index contributed by atoms with van der Waals surface area (Å²) in [6, 6.07) is 14.1. The fourth-order valence-corrected chi connectivity index (χ4v) is 2.38. The van der Waals surface area contributed by atoms with E-state index in [2.05, 4.69) is 27.8 Å². The third-order valence-electron chi connectivity index (χ3n) is 4.00. The van der Waals surface area contributed by atoms with Gasteiger partial charge in [0.2, 0.25) is 0 Å². The molecule has 8 nitrogen and oxygen atoms in total. The zero-order chi connectivity index (χ0) is 19.2. The Kier molecular flexibility index (Phi) is 5.55. The van der Waals surface area contributed by atoms with Crippen LogP contribution in [0, 0.1) is 0 Å². The Morgan fingerprint density at radius 2 is 1.81 bits per heavy atom. The molecule has 3 rings (SSSR count). The van der Waals surface area contributed by atoms with E-state index in [0.717, 1.165) is 6.42 Å². The standard InChI is InChI=1S/C19H19N5O3/c1-3-14-4-8-16(9-5-14)21-18(25)13(2)27-19(26)15-6-10-17(11-7-15)24-12-20-22-23-24/h4-13H,3H2,1-2H3,(H,21,25)/t13-/m1/s1. The number of aromatic nitrogens is 4. The van der Waals surface area contributed by atoms with Crippen molar-refractivity contribution in [2.45, 2.75) is 26.4 Å². The molecule has 138 valence electrons. The first kappa shape index (κ1) is 18.2. The molecule has 1 atom stereocenters. The third-order valence-corrected chi connectivity index (χ3v) is 4.00. The van der Waals surface area contributed by atoms with Crippen molar-refractivity contribution in [1.82, 2.24) is 20.2 Å². The van der Waals surface area contributed by atoms with Gasteiger partial charge in [-0.2, -0.15) is 0 Å². The Morgan fingerprint density at radius 1 is 1.11 bits per heavy atom. The van der Waals surface area contributed by atoms with Crippen LogP contribution in [0.5, 0.6) is 0 Å². The number of aryl methyl sites for hydroxylation is 1. The SMILES string of the molecule is CCc1ccc(NC(=O)[C@@H](C)OC(=O)c2ccc(-n3cnnn3)cc2)cc1. The molecule has 0 aliphatic heterocycles. The lowest BCUT2D eigenvalue weighted by molar-refractivity contribution is -0.123. The van der Waals surface area contributed by atoms with E-state index in [4.69, 9.17) is 4.74 Å². The molecule has 0 aliphatic rings. The summed E-state index contributed by atoms with van der Waals surface area (Å²) in [5, 5.41) is 13.6. The fraction of sp³-hybridized carbons (Fsp3) is 0.211. The first-order valence-electron chi connectivity index (χ1n) is 8.51. The van der Waals surface area contributed by atoms with Gasteiger partial charge in [-0.1, -0.05) is 19.1 Å². The van der Waals surface area contributed by atoms with Crippen molar-refractivity contribution in [3.63, 3.8) is 0 Å². The van der Waals surface area contributed by atoms with Crippen LogP contribution in [-0.4, -0.2) is 38.2 Å². The van der Waals surface area contributed by atoms with E-state index in [1.807, 2.05) is 24.3 Å². The van der Waals surface area contributed by atoms with Crippen molar-refractivity contribution in [2.24, 2.45) is 0 Å². The summed E-state index contributed by atoms with van der Waals surface area (Å²) < 4.78 is 6.72. The molecule has 1 heterocycles. The van der Waals surface area contributed by atoms with Crippen LogP contribution < -0.4 is 5.32 Å². The van der Waals surface area contributed by atoms with Gasteiger partial charge < -0.3 is 10.1 Å². The van der Waals surface area contributed by atoms with Crippen molar-refractivity contribution in [1.29, 1.82) is 0 Å². The Labute approximate surface area is 156 Å². The minimum Gasteiger partial charge on any atom is -0.449 e. The zero-order valence-corrected chi connectivity index (χ0v) is 15.0. The van der Waals surface area contributed by atoms with E-state index >= 15 is 0 Å². The molecule has 0 saturated heterocycles. The number of benzene rings is 2. The number of amides is 1. The normalized spacial score (nSPS) is 11.6. The lowest BCUT2D eigenvalue weighted by Crippen LogP contribution is -2.30. The zero-order valence-electron chi connectivity index (χ0n) is 15.0. The molecular formula is C19H19N5O3. The lowest BCUT2D eigenvalue weighted by Gasteiger charge is -2.14. The number of nitrogens with one attached hydrogen (secondary N) is 1. The summed E-state index contributed by atoms with van der Waals surface area (Å²) in [5.74, 6) is -0.972. The molecule has 0 radical (unpaired) electrons. The van der Waals surface area contributed by atoms with Gasteiger partial charge in [0.1, 0.15) is 6.33 Å². The highest BCUT2D eigenvalue weighted by Gasteiger charge is 2.19. The minimum atomic E-state index is -0.928. The number of hydrogen-bond acceptors (Lipinski definition) is 6. The van der Waals surface area contributed by atoms with Crippen molar-refractivity contribution in [3.8, 4) is 5.69 Å². The van der Waals surface area contributed by atoms with Gasteiger partial charge in [-0.15, -0.1) is 5.10 Å². The molecular weight excluding hydrogens is 346 g/mol. The van der Waals surface area contributed by atoms with Gasteiger partial charge in [-0.05, 0) is 65.7 Å². The molecule has 0 aliphatic carbocycles. The summed E-state index contributed by atoms with van der Waals surface area (Å²) in [4.78, 5) is 24.5. The Hall–Kier alpha value is -3.55. The average molecular weight is 365 g/mol. The molecule has 2 aromatic carbocycles. The van der Waals surface area contributed by atoms with E-state index in [1.54, 1.807) is 24.3 Å². The highest BCUT2D eigenvalue weighted by Crippen LogP contribution is 2.13. The highest BCUT2D eigenvalue weighted by atomic mass is 16.5. The second-order valence-electron chi connectivity index (χ2n) is 5.89. The predicted octanol–water partition coefficient (Wildman–Crippen LogP) is 2.41. The number of hydrogen-bond donors (Lipinski definition) is 1. The summed E-state index contributed by atoms with van der Waals surface area (Å²) in [6.45, 7) is 3.59. The van der Waals surface area contributed by atoms with E-state index in [0.29, 0.717) is 16.9 Å². The quantitative estimate of drug-likeness (QED) is 0.674. The minimum absolute atomic E-state index is 0.332. The lowest BCUT2D eigenvalue weighted by atomic mass is 10.1. The summed E-state index contributed by atoms with van der Waals surface area (Å²) in [6.07, 6.45) is 1.45. The van der Waals surface area contributed by atoms with Crippen LogP contribution in [0.3, 0.4) is 0 Å². The van der Waals surface area contributed by atoms with Crippen LogP contribution in [0.2, 0.25) is 0 Å². The first-order valence-corrected chi connectivity index (χ1v) is 8.51. The maximum Gasteiger partial charge on any atom is 0.338 e. The number of anilines is 1. The van der Waals surface area contributed by atoms with Crippen molar-refractivity contribution >= 4 is 17.6 Å². The number of nitrogens with zero attached hydrogens (tertiary/aromatic N) is 4. The molecule has 0 fully saturated rings. The predicted molar refractivity (Wildman–Crippen MR) is 98.5 cm³/mol. The van der Waals surface area contributed by atoms with Crippen molar-refractivity contribution in [2.75, 3.05) is 5.32 Å². The van der Waals surface area contributed by atoms with E-state index in [-0.39, 0.29) is 0 Å². The molecule has 0 spiro atoms. The summed E-state index contributed by atoms with van der Waals surface area (Å²) in [5.41, 5.74) is 2.88. The van der Waals surface area contributed by atoms with Crippen LogP contribution in [-0.2, 0) is 16.0 Å². The summed E-state index contributed by atoms with van der Waals surface area (Å²) in [7, 11) is 0. The van der Waals surface area contributed by atoms with Gasteiger partial charge in [0.25, 0.3) is 5.91 Å². The maximum absolute atomic E-state index is 12.2. The molecule has 3 aromatic rings. The van der Waals surface area contributed by atoms with E-state index in [9.17, 15) is 9.59 Å². The second-order valence-corrected chi connectivity index (χ2v) is 5.89. The second kappa shape index (κ2) is 8.22. The van der Waals surface area contributed by atoms with Crippen LogP contribution >= 0.6 is 0 Å². The van der Waals surface area contributed by atoms with Crippen molar-refractivity contribution < 1.29 is 14.3 Å². The van der Waals surface area contributed by atoms with Gasteiger partial charge in [-0.25, -0.2) is 9.48 Å². The number of carbonyl (C=O) groups excluding carboxylic acids is 2. The fourth-order valence-electron chi connectivity index (χ4n) is 2.38. The molecule has 0 bridgehead atoms. The molecule has 1 aromatic heterocycles. The molecule has 1 amide bonds. The number of ether oxygens (including phenoxy) is 1. The largest absolute Gasteiger partial charge is 0.449 e. The van der Waals surface area contributed by atoms with Crippen molar-refractivity contribution in [3.05, 3.63) is 66.0 Å². The van der Waals surface area contributed by atoms with E-state index in [1.165, 1.54) is 23.5 Å². The van der Waals surface area contributed by atoms with Crippen LogP contribution in [0.4, 0.5) is 5.69 Å². The average Bonchev–Trinajstić information content (AvgIpc) is 3.23. The number of esters is 1. The number of carbonyl (C=O) groups is 2. The smallest absolute Gasteiger partial charge is 0.338 e. The van der Waals surface area contributed by atoms with E-state index < -0.39 is 18.0 Å². The van der Waals surface area contributed by atoms with Crippen LogP contribution in [0.15, 0.2) is 54.9 Å². The molecule has 1 N–H and O–H groups in total. The van der Waals surface area contributed by atoms with Crippen LogP contribution in [0.1, 0.15) is 29.8 Å². The molecule has 27 heavy (non-hydrogen) atoms. The van der Waals surface area contributed by atoms with Gasteiger partial charge in [0.05, 0.1) is 11.3 Å². The van der Waals surface area contributed by atoms with Gasteiger partial charge in [0, 0.05) is 5.69 Å². The van der Waals surface area contributed by atoms with Gasteiger partial charge in [-0.3, -0.25) is 4.79 Å². The van der Waals surface area contributed by atoms with Gasteiger partial charge >= 0.3 is 5.97 Å². The Balaban J connectivity index is 1.58. The Bertz CT molecular complexity index is 906. The first-order chi connectivity index (χ1) is 13.1. The van der Waals surface area contributed by atoms with Crippen LogP contribution in [0.25, 0.3) is 5.69 Å². The third kappa shape index (κ3) is 4.55. The molecule has 8 heteroatoms. The maximum atomic E-state index is 12.2. The highest BCUT2D eigenvalue weighted by molar-refractivity contribution is 5.97. The summed E-state index contributed by atoms with van der Waals surface area (Å²) >= 11 is 0. The topological polar surface area (TPSA) is 99.0 Å². The van der Waals surface area contributed by atoms with Gasteiger partial charge in [0.15, 0.2) is 6.10 Å².